The van der Waals surface area contributed by atoms with Gasteiger partial charge >= 0.3 is 0 Å². The summed E-state index contributed by atoms with van der Waals surface area (Å²) < 4.78 is 26.1. The molecule has 0 saturated carbocycles. The number of halogens is 2. The van der Waals surface area contributed by atoms with Crippen LogP contribution in [-0.4, -0.2) is 16.0 Å². The van der Waals surface area contributed by atoms with Gasteiger partial charge in [0.05, 0.1) is 0 Å². The molecular weight excluding hydrogens is 266 g/mol. The number of hydrogen-bond donors (Lipinski definition) is 3. The lowest BCUT2D eigenvalue weighted by Gasteiger charge is -2.10. The Labute approximate surface area is 113 Å². The molecule has 4 N–H and O–H groups in total. The van der Waals surface area contributed by atoms with Crippen LogP contribution < -0.4 is 11.1 Å². The Bertz CT molecular complexity index is 626. The predicted molar refractivity (Wildman–Crippen MR) is 70.4 cm³/mol. The number of nitrogens with two attached hydrogens (primary N) is 1. The fourth-order valence-corrected chi connectivity index (χ4v) is 1.71. The number of oxime groups is 1. The molecule has 20 heavy (non-hydrogen) atoms. The molecule has 104 valence electrons. The van der Waals surface area contributed by atoms with Crippen molar-refractivity contribution in [3.05, 3.63) is 59.4 Å². The van der Waals surface area contributed by atoms with Gasteiger partial charge in [-0.15, -0.1) is 0 Å². The number of anilines is 1. The van der Waals surface area contributed by atoms with Crippen LogP contribution in [0.3, 0.4) is 0 Å². The van der Waals surface area contributed by atoms with E-state index in [-0.39, 0.29) is 18.1 Å². The topological polar surface area (TPSA) is 83.5 Å². The maximum absolute atomic E-state index is 13.1. The van der Waals surface area contributed by atoms with E-state index in [1.54, 1.807) is 12.1 Å². The lowest BCUT2D eigenvalue weighted by Crippen LogP contribution is -2.18. The van der Waals surface area contributed by atoms with Gasteiger partial charge in [-0.05, 0) is 18.2 Å². The minimum Gasteiger partial charge on any atom is -0.409 e. The van der Waals surface area contributed by atoms with Gasteiger partial charge in [0.2, 0.25) is 0 Å². The summed E-state index contributed by atoms with van der Waals surface area (Å²) in [5.74, 6) is -1.47. The second-order valence-corrected chi connectivity index (χ2v) is 4.01. The SMILES string of the molecule is NC(=NO)c1ncccc1CNc1cc(F)cc(F)c1. The van der Waals surface area contributed by atoms with Gasteiger partial charge in [-0.3, -0.25) is 4.98 Å². The Balaban J connectivity index is 2.19. The van der Waals surface area contributed by atoms with Crippen molar-refractivity contribution in [2.45, 2.75) is 6.54 Å². The summed E-state index contributed by atoms with van der Waals surface area (Å²) >= 11 is 0. The van der Waals surface area contributed by atoms with Crippen molar-refractivity contribution >= 4 is 11.5 Å². The predicted octanol–water partition coefficient (Wildman–Crippen LogP) is 2.07. The standard InChI is InChI=1S/C13H12F2N4O/c14-9-4-10(15)6-11(5-9)18-7-8-2-1-3-17-12(8)13(16)19-20/h1-6,18,20H,7H2,(H2,16,19). The Kier molecular flexibility index (Phi) is 4.09. The largest absolute Gasteiger partial charge is 0.409 e. The highest BCUT2D eigenvalue weighted by atomic mass is 19.1. The molecule has 0 fully saturated rings. The van der Waals surface area contributed by atoms with Gasteiger partial charge in [-0.1, -0.05) is 11.2 Å². The Morgan fingerprint density at radius 3 is 2.65 bits per heavy atom. The van der Waals surface area contributed by atoms with E-state index in [4.69, 9.17) is 10.9 Å². The summed E-state index contributed by atoms with van der Waals surface area (Å²) in [6.45, 7) is 0.224. The maximum Gasteiger partial charge on any atom is 0.189 e. The maximum atomic E-state index is 13.1. The Morgan fingerprint density at radius 1 is 1.30 bits per heavy atom. The van der Waals surface area contributed by atoms with Crippen LogP contribution in [-0.2, 0) is 6.54 Å². The number of pyridine rings is 1. The molecule has 2 rings (SSSR count). The highest BCUT2D eigenvalue weighted by Crippen LogP contribution is 2.15. The van der Waals surface area contributed by atoms with Crippen LogP contribution in [0, 0.1) is 11.6 Å². The second kappa shape index (κ2) is 5.96. The second-order valence-electron chi connectivity index (χ2n) is 4.01. The molecule has 7 heteroatoms. The normalized spacial score (nSPS) is 11.4. The van der Waals surface area contributed by atoms with Gasteiger partial charge in [0.1, 0.15) is 17.3 Å². The average Bonchev–Trinajstić information content (AvgIpc) is 2.43. The first-order valence-corrected chi connectivity index (χ1v) is 5.72. The summed E-state index contributed by atoms with van der Waals surface area (Å²) in [6, 6.07) is 6.52. The van der Waals surface area contributed by atoms with E-state index in [9.17, 15) is 8.78 Å². The summed E-state index contributed by atoms with van der Waals surface area (Å²) in [6.07, 6.45) is 1.50. The van der Waals surface area contributed by atoms with Gasteiger partial charge in [0, 0.05) is 30.1 Å². The number of hydrogen-bond acceptors (Lipinski definition) is 4. The third-order valence-electron chi connectivity index (χ3n) is 2.59. The van der Waals surface area contributed by atoms with E-state index >= 15 is 0 Å². The first-order valence-electron chi connectivity index (χ1n) is 5.72. The van der Waals surface area contributed by atoms with E-state index in [0.717, 1.165) is 6.07 Å². The zero-order valence-electron chi connectivity index (χ0n) is 10.3. The van der Waals surface area contributed by atoms with Gasteiger partial charge in [0.15, 0.2) is 5.84 Å². The smallest absolute Gasteiger partial charge is 0.189 e. The van der Waals surface area contributed by atoms with Crippen LogP contribution in [0.2, 0.25) is 0 Å². The average molecular weight is 278 g/mol. The minimum atomic E-state index is -0.671. The molecule has 0 amide bonds. The number of benzene rings is 1. The third-order valence-corrected chi connectivity index (χ3v) is 2.59. The molecule has 0 aliphatic rings. The molecule has 1 heterocycles. The van der Waals surface area contributed by atoms with Crippen molar-refractivity contribution in [1.29, 1.82) is 0 Å². The van der Waals surface area contributed by atoms with Gasteiger partial charge < -0.3 is 16.3 Å². The fraction of sp³-hybridized carbons (Fsp3) is 0.0769. The molecule has 0 spiro atoms. The van der Waals surface area contributed by atoms with Gasteiger partial charge in [0.25, 0.3) is 0 Å². The molecule has 0 atom stereocenters. The van der Waals surface area contributed by atoms with Crippen molar-refractivity contribution in [2.75, 3.05) is 5.32 Å². The third kappa shape index (κ3) is 3.19. The number of nitrogens with one attached hydrogen (secondary N) is 1. The minimum absolute atomic E-state index is 0.132. The molecule has 0 aliphatic carbocycles. The first kappa shape index (κ1) is 13.7. The molecule has 0 radical (unpaired) electrons. The van der Waals surface area contributed by atoms with E-state index in [0.29, 0.717) is 11.3 Å². The van der Waals surface area contributed by atoms with Gasteiger partial charge in [-0.25, -0.2) is 8.78 Å². The highest BCUT2D eigenvalue weighted by molar-refractivity contribution is 5.96. The first-order chi connectivity index (χ1) is 9.60. The van der Waals surface area contributed by atoms with E-state index in [1.165, 1.54) is 18.3 Å². The van der Waals surface area contributed by atoms with Crippen LogP contribution in [0.1, 0.15) is 11.3 Å². The van der Waals surface area contributed by atoms with Crippen LogP contribution in [0.25, 0.3) is 0 Å². The van der Waals surface area contributed by atoms with Crippen molar-refractivity contribution in [2.24, 2.45) is 10.9 Å². The summed E-state index contributed by atoms with van der Waals surface area (Å²) in [4.78, 5) is 3.99. The molecule has 2 aromatic rings. The van der Waals surface area contributed by atoms with Crippen molar-refractivity contribution in [1.82, 2.24) is 4.98 Å². The van der Waals surface area contributed by atoms with E-state index in [1.807, 2.05) is 0 Å². The van der Waals surface area contributed by atoms with Crippen molar-refractivity contribution in [3.63, 3.8) is 0 Å². The summed E-state index contributed by atoms with van der Waals surface area (Å²) in [7, 11) is 0. The Morgan fingerprint density at radius 2 is 2.00 bits per heavy atom. The summed E-state index contributed by atoms with van der Waals surface area (Å²) in [5, 5.41) is 14.4. The quantitative estimate of drug-likeness (QED) is 0.346. The highest BCUT2D eigenvalue weighted by Gasteiger charge is 2.08. The molecule has 1 aromatic carbocycles. The molecule has 5 nitrogen and oxygen atoms in total. The van der Waals surface area contributed by atoms with Crippen LogP contribution in [0.4, 0.5) is 14.5 Å². The number of nitrogens with zero attached hydrogens (tertiary/aromatic N) is 2. The monoisotopic (exact) mass is 278 g/mol. The van der Waals surface area contributed by atoms with Crippen LogP contribution >= 0.6 is 0 Å². The van der Waals surface area contributed by atoms with Crippen LogP contribution in [0.15, 0.2) is 41.7 Å². The van der Waals surface area contributed by atoms with E-state index < -0.39 is 11.6 Å². The molecule has 0 bridgehead atoms. The lowest BCUT2D eigenvalue weighted by atomic mass is 10.1. The molecule has 0 unspecified atom stereocenters. The van der Waals surface area contributed by atoms with Crippen molar-refractivity contribution in [3.8, 4) is 0 Å². The Hall–Kier alpha value is -2.70. The number of aromatic nitrogens is 1. The van der Waals surface area contributed by atoms with Crippen LogP contribution in [0.5, 0.6) is 0 Å². The summed E-state index contributed by atoms with van der Waals surface area (Å²) in [5.41, 5.74) is 6.73. The van der Waals surface area contributed by atoms with Gasteiger partial charge in [-0.2, -0.15) is 0 Å². The fourth-order valence-electron chi connectivity index (χ4n) is 1.71. The molecular formula is C13H12F2N4O. The molecule has 0 aliphatic heterocycles. The lowest BCUT2D eigenvalue weighted by molar-refractivity contribution is 0.318. The van der Waals surface area contributed by atoms with E-state index in [2.05, 4.69) is 15.5 Å². The number of rotatable bonds is 4. The van der Waals surface area contributed by atoms with Crippen molar-refractivity contribution < 1.29 is 14.0 Å². The number of amidine groups is 1. The molecule has 1 aromatic heterocycles. The zero-order valence-corrected chi connectivity index (χ0v) is 10.3. The zero-order chi connectivity index (χ0) is 14.5. The molecule has 0 saturated heterocycles.